The number of carbonyl (C=O) groups is 1. The molecule has 0 atom stereocenters. The number of hydrogen-bond acceptors (Lipinski definition) is 3. The highest BCUT2D eigenvalue weighted by Crippen LogP contribution is 2.12. The first kappa shape index (κ1) is 10.2. The lowest BCUT2D eigenvalue weighted by Gasteiger charge is -2.06. The van der Waals surface area contributed by atoms with Crippen LogP contribution in [0.2, 0.25) is 0 Å². The summed E-state index contributed by atoms with van der Waals surface area (Å²) in [4.78, 5) is 14.9. The molecule has 0 bridgehead atoms. The van der Waals surface area contributed by atoms with E-state index >= 15 is 0 Å². The number of pyridine rings is 1. The van der Waals surface area contributed by atoms with Gasteiger partial charge >= 0.3 is 0 Å². The lowest BCUT2D eigenvalue weighted by Crippen LogP contribution is -2.20. The van der Waals surface area contributed by atoms with Gasteiger partial charge in [0.1, 0.15) is 0 Å². The minimum absolute atomic E-state index is 0.212. The van der Waals surface area contributed by atoms with Gasteiger partial charge in [0.2, 0.25) is 11.8 Å². The highest BCUT2D eigenvalue weighted by Gasteiger charge is 2.03. The summed E-state index contributed by atoms with van der Waals surface area (Å²) in [6, 6.07) is 3.63. The van der Waals surface area contributed by atoms with Crippen LogP contribution >= 0.6 is 0 Å². The van der Waals surface area contributed by atoms with Crippen molar-refractivity contribution in [3.8, 4) is 5.88 Å². The van der Waals surface area contributed by atoms with Crippen LogP contribution in [-0.4, -0.2) is 18.0 Å². The first-order valence-electron chi connectivity index (χ1n) is 4.16. The fourth-order valence-corrected chi connectivity index (χ4v) is 0.997. The molecule has 0 aliphatic heterocycles. The average Bonchev–Trinajstić information content (AvgIpc) is 2.26. The Morgan fingerprint density at radius 3 is 3.21 bits per heavy atom. The zero-order valence-electron chi connectivity index (χ0n) is 7.99. The SMILES string of the molecule is C=CC(=O)NCc1cccnc1OC. The predicted octanol–water partition coefficient (Wildman–Crippen LogP) is 0.892. The van der Waals surface area contributed by atoms with Crippen molar-refractivity contribution >= 4 is 5.91 Å². The zero-order chi connectivity index (χ0) is 10.4. The summed E-state index contributed by atoms with van der Waals surface area (Å²) in [5, 5.41) is 2.65. The lowest BCUT2D eigenvalue weighted by atomic mass is 10.2. The number of rotatable bonds is 4. The molecule has 1 aromatic heterocycles. The molecule has 14 heavy (non-hydrogen) atoms. The topological polar surface area (TPSA) is 51.2 Å². The van der Waals surface area contributed by atoms with Crippen molar-refractivity contribution in [3.05, 3.63) is 36.5 Å². The average molecular weight is 192 g/mol. The Labute approximate surface area is 82.6 Å². The number of carbonyl (C=O) groups excluding carboxylic acids is 1. The molecule has 4 heteroatoms. The van der Waals surface area contributed by atoms with E-state index in [2.05, 4.69) is 16.9 Å². The summed E-state index contributed by atoms with van der Waals surface area (Å²) in [6.07, 6.45) is 2.86. The van der Waals surface area contributed by atoms with Crippen LogP contribution in [0.5, 0.6) is 5.88 Å². The Balaban J connectivity index is 2.66. The summed E-state index contributed by atoms with van der Waals surface area (Å²) >= 11 is 0. The number of ether oxygens (including phenoxy) is 1. The van der Waals surface area contributed by atoms with Crippen molar-refractivity contribution < 1.29 is 9.53 Å². The molecule has 1 aromatic rings. The van der Waals surface area contributed by atoms with Gasteiger partial charge in [0.25, 0.3) is 0 Å². The van der Waals surface area contributed by atoms with E-state index in [4.69, 9.17) is 4.74 Å². The zero-order valence-corrected chi connectivity index (χ0v) is 7.99. The van der Waals surface area contributed by atoms with E-state index in [-0.39, 0.29) is 5.91 Å². The quantitative estimate of drug-likeness (QED) is 0.721. The number of aromatic nitrogens is 1. The third-order valence-corrected chi connectivity index (χ3v) is 1.68. The molecule has 0 saturated carbocycles. The van der Waals surface area contributed by atoms with Crippen molar-refractivity contribution in [1.82, 2.24) is 10.3 Å². The second kappa shape index (κ2) is 5.01. The molecule has 1 heterocycles. The van der Waals surface area contributed by atoms with Gasteiger partial charge in [-0.15, -0.1) is 0 Å². The van der Waals surface area contributed by atoms with Gasteiger partial charge in [-0.3, -0.25) is 4.79 Å². The number of amides is 1. The summed E-state index contributed by atoms with van der Waals surface area (Å²) in [6.45, 7) is 3.75. The summed E-state index contributed by atoms with van der Waals surface area (Å²) in [5.41, 5.74) is 0.838. The fraction of sp³-hybridized carbons (Fsp3) is 0.200. The van der Waals surface area contributed by atoms with Gasteiger partial charge in [0.05, 0.1) is 7.11 Å². The van der Waals surface area contributed by atoms with Gasteiger partial charge in [0, 0.05) is 18.3 Å². The Morgan fingerprint density at radius 1 is 1.79 bits per heavy atom. The molecule has 0 aliphatic rings. The molecule has 0 aliphatic carbocycles. The van der Waals surface area contributed by atoms with Gasteiger partial charge in [-0.25, -0.2) is 4.98 Å². The molecular formula is C10H12N2O2. The molecule has 1 amide bonds. The smallest absolute Gasteiger partial charge is 0.243 e. The molecule has 0 unspecified atom stereocenters. The van der Waals surface area contributed by atoms with Gasteiger partial charge in [-0.1, -0.05) is 12.6 Å². The summed E-state index contributed by atoms with van der Waals surface area (Å²) in [5.74, 6) is 0.313. The Kier molecular flexibility index (Phi) is 3.67. The van der Waals surface area contributed by atoms with Gasteiger partial charge in [0.15, 0.2) is 0 Å². The van der Waals surface area contributed by atoms with Crippen LogP contribution in [0.1, 0.15) is 5.56 Å². The van der Waals surface area contributed by atoms with E-state index in [9.17, 15) is 4.79 Å². The van der Waals surface area contributed by atoms with Crippen molar-refractivity contribution in [2.75, 3.05) is 7.11 Å². The van der Waals surface area contributed by atoms with E-state index in [1.807, 2.05) is 6.07 Å². The van der Waals surface area contributed by atoms with Crippen LogP contribution < -0.4 is 10.1 Å². The molecular weight excluding hydrogens is 180 g/mol. The maximum absolute atomic E-state index is 10.9. The van der Waals surface area contributed by atoms with Gasteiger partial charge in [-0.2, -0.15) is 0 Å². The molecule has 0 spiro atoms. The van der Waals surface area contributed by atoms with Gasteiger partial charge in [-0.05, 0) is 12.1 Å². The van der Waals surface area contributed by atoms with E-state index in [0.29, 0.717) is 12.4 Å². The van der Waals surface area contributed by atoms with Crippen molar-refractivity contribution in [2.24, 2.45) is 0 Å². The number of nitrogens with one attached hydrogen (secondary N) is 1. The molecule has 4 nitrogen and oxygen atoms in total. The first-order valence-corrected chi connectivity index (χ1v) is 4.16. The van der Waals surface area contributed by atoms with E-state index < -0.39 is 0 Å². The monoisotopic (exact) mass is 192 g/mol. The highest BCUT2D eigenvalue weighted by molar-refractivity contribution is 5.86. The molecule has 0 fully saturated rings. The Hall–Kier alpha value is -1.84. The fourth-order valence-electron chi connectivity index (χ4n) is 0.997. The number of hydrogen-bond donors (Lipinski definition) is 1. The third kappa shape index (κ3) is 2.58. The maximum atomic E-state index is 10.9. The van der Waals surface area contributed by atoms with Gasteiger partial charge < -0.3 is 10.1 Å². The predicted molar refractivity (Wildman–Crippen MR) is 52.8 cm³/mol. The van der Waals surface area contributed by atoms with Crippen LogP contribution in [0.15, 0.2) is 31.0 Å². The van der Waals surface area contributed by atoms with Crippen LogP contribution in [-0.2, 0) is 11.3 Å². The van der Waals surface area contributed by atoms with Crippen molar-refractivity contribution in [2.45, 2.75) is 6.54 Å². The normalized spacial score (nSPS) is 9.21. The number of nitrogens with zero attached hydrogens (tertiary/aromatic N) is 1. The summed E-state index contributed by atoms with van der Waals surface area (Å²) in [7, 11) is 1.54. The maximum Gasteiger partial charge on any atom is 0.243 e. The minimum Gasteiger partial charge on any atom is -0.481 e. The Morgan fingerprint density at radius 2 is 2.57 bits per heavy atom. The van der Waals surface area contributed by atoms with Crippen molar-refractivity contribution in [1.29, 1.82) is 0 Å². The van der Waals surface area contributed by atoms with E-state index in [0.717, 1.165) is 5.56 Å². The second-order valence-electron chi connectivity index (χ2n) is 2.59. The third-order valence-electron chi connectivity index (χ3n) is 1.68. The molecule has 74 valence electrons. The molecule has 0 aromatic carbocycles. The van der Waals surface area contributed by atoms with Crippen LogP contribution in [0, 0.1) is 0 Å². The minimum atomic E-state index is -0.212. The largest absolute Gasteiger partial charge is 0.481 e. The van der Waals surface area contributed by atoms with E-state index in [1.165, 1.54) is 6.08 Å². The van der Waals surface area contributed by atoms with Crippen LogP contribution in [0.25, 0.3) is 0 Å². The number of methoxy groups -OCH3 is 1. The molecule has 1 N–H and O–H groups in total. The summed E-state index contributed by atoms with van der Waals surface area (Å²) < 4.78 is 5.02. The molecule has 0 radical (unpaired) electrons. The Bertz CT molecular complexity index is 337. The highest BCUT2D eigenvalue weighted by atomic mass is 16.5. The molecule has 1 rings (SSSR count). The lowest BCUT2D eigenvalue weighted by molar-refractivity contribution is -0.116. The first-order chi connectivity index (χ1) is 6.77. The second-order valence-corrected chi connectivity index (χ2v) is 2.59. The molecule has 0 saturated heterocycles. The van der Waals surface area contributed by atoms with Crippen LogP contribution in [0.3, 0.4) is 0 Å². The van der Waals surface area contributed by atoms with Crippen LogP contribution in [0.4, 0.5) is 0 Å². The standard InChI is InChI=1S/C10H12N2O2/c1-3-9(13)12-7-8-5-4-6-11-10(8)14-2/h3-6H,1,7H2,2H3,(H,12,13). The van der Waals surface area contributed by atoms with E-state index in [1.54, 1.807) is 19.4 Å². The van der Waals surface area contributed by atoms with Crippen molar-refractivity contribution in [3.63, 3.8) is 0 Å².